The molecule has 1 fully saturated rings. The second-order valence-corrected chi connectivity index (χ2v) is 5.21. The summed E-state index contributed by atoms with van der Waals surface area (Å²) in [6.45, 7) is 0. The number of alkyl halides is 1. The number of aromatic nitrogens is 1. The number of hydrogen-bond acceptors (Lipinski definition) is 2. The van der Waals surface area contributed by atoms with Crippen LogP contribution in [0.3, 0.4) is 0 Å². The maximum Gasteiger partial charge on any atom is 0.261 e. The summed E-state index contributed by atoms with van der Waals surface area (Å²) in [5.74, 6) is -0.432. The van der Waals surface area contributed by atoms with Crippen molar-refractivity contribution in [3.05, 3.63) is 45.7 Å². The van der Waals surface area contributed by atoms with E-state index in [0.29, 0.717) is 23.9 Å². The summed E-state index contributed by atoms with van der Waals surface area (Å²) in [4.78, 5) is 26.1. The van der Waals surface area contributed by atoms with Gasteiger partial charge in [0.2, 0.25) is 0 Å². The van der Waals surface area contributed by atoms with Gasteiger partial charge in [0.05, 0.1) is 0 Å². The molecule has 0 bridgehead atoms. The number of aromatic amines is 1. The van der Waals surface area contributed by atoms with Gasteiger partial charge < -0.3 is 10.3 Å². The first-order valence-electron chi connectivity index (χ1n) is 6.62. The highest BCUT2D eigenvalue weighted by atomic mass is 19.1. The second-order valence-electron chi connectivity index (χ2n) is 5.21. The van der Waals surface area contributed by atoms with Crippen LogP contribution in [0.4, 0.5) is 4.39 Å². The van der Waals surface area contributed by atoms with E-state index in [1.54, 1.807) is 18.2 Å². The Hall–Kier alpha value is -2.17. The number of amides is 1. The molecular formula is C15H15FN2O2. The SMILES string of the molecule is CNC(=O)c1cc2ccc(C3(F)CCC3)cc2[nH]c1=O. The van der Waals surface area contributed by atoms with Crippen molar-refractivity contribution in [2.45, 2.75) is 24.9 Å². The summed E-state index contributed by atoms with van der Waals surface area (Å²) in [5.41, 5.74) is -0.504. The first-order valence-corrected chi connectivity index (χ1v) is 6.62. The van der Waals surface area contributed by atoms with Gasteiger partial charge >= 0.3 is 0 Å². The van der Waals surface area contributed by atoms with E-state index < -0.39 is 17.1 Å². The Morgan fingerprint density at radius 2 is 2.10 bits per heavy atom. The van der Waals surface area contributed by atoms with Gasteiger partial charge in [-0.15, -0.1) is 0 Å². The molecule has 20 heavy (non-hydrogen) atoms. The summed E-state index contributed by atoms with van der Waals surface area (Å²) < 4.78 is 14.4. The molecule has 1 amide bonds. The van der Waals surface area contributed by atoms with Crippen LogP contribution in [0.2, 0.25) is 0 Å². The number of H-pyrrole nitrogens is 1. The molecule has 2 aromatic rings. The van der Waals surface area contributed by atoms with E-state index in [-0.39, 0.29) is 5.56 Å². The normalized spacial score (nSPS) is 16.7. The molecule has 3 rings (SSSR count). The Kier molecular flexibility index (Phi) is 2.85. The summed E-state index contributed by atoms with van der Waals surface area (Å²) in [5, 5.41) is 3.14. The third-order valence-electron chi connectivity index (χ3n) is 3.98. The Bertz CT molecular complexity index is 747. The highest BCUT2D eigenvalue weighted by Gasteiger charge is 2.38. The van der Waals surface area contributed by atoms with Crippen LogP contribution in [0.5, 0.6) is 0 Å². The van der Waals surface area contributed by atoms with Crippen LogP contribution in [0.15, 0.2) is 29.1 Å². The molecule has 1 aromatic heterocycles. The van der Waals surface area contributed by atoms with E-state index >= 15 is 0 Å². The Morgan fingerprint density at radius 1 is 1.35 bits per heavy atom. The fourth-order valence-corrected chi connectivity index (χ4v) is 2.56. The maximum atomic E-state index is 14.4. The minimum atomic E-state index is -1.26. The number of pyridine rings is 1. The van der Waals surface area contributed by atoms with Gasteiger partial charge in [0.25, 0.3) is 11.5 Å². The van der Waals surface area contributed by atoms with Crippen LogP contribution in [0, 0.1) is 0 Å². The average molecular weight is 274 g/mol. The lowest BCUT2D eigenvalue weighted by Gasteiger charge is -2.34. The Morgan fingerprint density at radius 3 is 2.70 bits per heavy atom. The smallest absolute Gasteiger partial charge is 0.261 e. The number of halogens is 1. The molecule has 1 aliphatic rings. The van der Waals surface area contributed by atoms with Gasteiger partial charge in [-0.2, -0.15) is 0 Å². The molecule has 0 aliphatic heterocycles. The summed E-state index contributed by atoms with van der Waals surface area (Å²) in [6, 6.07) is 6.67. The maximum absolute atomic E-state index is 14.4. The fourth-order valence-electron chi connectivity index (χ4n) is 2.56. The molecule has 0 spiro atoms. The quantitative estimate of drug-likeness (QED) is 0.882. The first-order chi connectivity index (χ1) is 9.53. The molecule has 0 radical (unpaired) electrons. The topological polar surface area (TPSA) is 62.0 Å². The van der Waals surface area contributed by atoms with Crippen molar-refractivity contribution in [3.63, 3.8) is 0 Å². The number of hydrogen-bond donors (Lipinski definition) is 2. The third kappa shape index (κ3) is 1.90. The predicted octanol–water partition coefficient (Wildman–Crippen LogP) is 2.24. The molecular weight excluding hydrogens is 259 g/mol. The van der Waals surface area contributed by atoms with Gasteiger partial charge in [-0.1, -0.05) is 12.1 Å². The van der Waals surface area contributed by atoms with Crippen LogP contribution < -0.4 is 10.9 Å². The van der Waals surface area contributed by atoms with Crippen molar-refractivity contribution in [1.82, 2.24) is 10.3 Å². The second kappa shape index (κ2) is 4.44. The molecule has 0 saturated heterocycles. The van der Waals surface area contributed by atoms with Crippen LogP contribution in [0.1, 0.15) is 35.2 Å². The molecule has 1 aromatic carbocycles. The monoisotopic (exact) mass is 274 g/mol. The van der Waals surface area contributed by atoms with Gasteiger partial charge in [0.15, 0.2) is 0 Å². The highest BCUT2D eigenvalue weighted by molar-refractivity contribution is 5.97. The van der Waals surface area contributed by atoms with Crippen LogP contribution >= 0.6 is 0 Å². The molecule has 4 nitrogen and oxygen atoms in total. The van der Waals surface area contributed by atoms with Crippen molar-refractivity contribution in [2.75, 3.05) is 7.05 Å². The van der Waals surface area contributed by atoms with Gasteiger partial charge in [-0.05, 0) is 42.3 Å². The van der Waals surface area contributed by atoms with E-state index in [1.165, 1.54) is 13.1 Å². The minimum absolute atomic E-state index is 0.0614. The lowest BCUT2D eigenvalue weighted by Crippen LogP contribution is -2.29. The van der Waals surface area contributed by atoms with Crippen LogP contribution in [0.25, 0.3) is 10.9 Å². The largest absolute Gasteiger partial charge is 0.355 e. The Labute approximate surface area is 115 Å². The zero-order valence-electron chi connectivity index (χ0n) is 11.1. The molecule has 1 aliphatic carbocycles. The van der Waals surface area contributed by atoms with Crippen molar-refractivity contribution >= 4 is 16.8 Å². The van der Waals surface area contributed by atoms with Crippen LogP contribution in [-0.4, -0.2) is 17.9 Å². The number of fused-ring (bicyclic) bond motifs is 1. The van der Waals surface area contributed by atoms with Crippen molar-refractivity contribution in [1.29, 1.82) is 0 Å². The fraction of sp³-hybridized carbons (Fsp3) is 0.333. The molecule has 1 saturated carbocycles. The zero-order valence-corrected chi connectivity index (χ0v) is 11.1. The average Bonchev–Trinajstić information content (AvgIpc) is 2.42. The van der Waals surface area contributed by atoms with Gasteiger partial charge in [0.1, 0.15) is 11.2 Å². The van der Waals surface area contributed by atoms with Gasteiger partial charge in [-0.25, -0.2) is 4.39 Å². The van der Waals surface area contributed by atoms with E-state index in [0.717, 1.165) is 11.8 Å². The van der Waals surface area contributed by atoms with E-state index in [2.05, 4.69) is 10.3 Å². The number of carbonyl (C=O) groups is 1. The van der Waals surface area contributed by atoms with Gasteiger partial charge in [0, 0.05) is 12.6 Å². The third-order valence-corrected chi connectivity index (χ3v) is 3.98. The minimum Gasteiger partial charge on any atom is -0.355 e. The highest BCUT2D eigenvalue weighted by Crippen LogP contribution is 2.45. The van der Waals surface area contributed by atoms with Crippen LogP contribution in [-0.2, 0) is 5.67 Å². The van der Waals surface area contributed by atoms with E-state index in [9.17, 15) is 14.0 Å². The first kappa shape index (κ1) is 12.8. The lowest BCUT2D eigenvalue weighted by atomic mass is 9.76. The summed E-state index contributed by atoms with van der Waals surface area (Å²) in [6.07, 6.45) is 1.94. The van der Waals surface area contributed by atoms with Crippen molar-refractivity contribution < 1.29 is 9.18 Å². The predicted molar refractivity (Wildman–Crippen MR) is 74.6 cm³/mol. The molecule has 104 valence electrons. The summed E-state index contributed by atoms with van der Waals surface area (Å²) in [7, 11) is 1.47. The van der Waals surface area contributed by atoms with E-state index in [4.69, 9.17) is 0 Å². The number of benzene rings is 1. The zero-order chi connectivity index (χ0) is 14.3. The number of rotatable bonds is 2. The number of carbonyl (C=O) groups excluding carboxylic acids is 1. The lowest BCUT2D eigenvalue weighted by molar-refractivity contribution is 0.0610. The molecule has 5 heteroatoms. The molecule has 0 unspecified atom stereocenters. The van der Waals surface area contributed by atoms with E-state index in [1.807, 2.05) is 0 Å². The standard InChI is InChI=1S/C15H15FN2O2/c1-17-13(19)11-7-9-3-4-10(15(16)5-2-6-15)8-12(9)18-14(11)20/h3-4,7-8H,2,5-6H2,1H3,(H,17,19)(H,18,20). The molecule has 1 heterocycles. The Balaban J connectivity index is 2.12. The van der Waals surface area contributed by atoms with Crippen molar-refractivity contribution in [2.24, 2.45) is 0 Å². The number of nitrogens with one attached hydrogen (secondary N) is 2. The van der Waals surface area contributed by atoms with Gasteiger partial charge in [-0.3, -0.25) is 9.59 Å². The molecule has 0 atom stereocenters. The molecule has 2 N–H and O–H groups in total. The van der Waals surface area contributed by atoms with Crippen molar-refractivity contribution in [3.8, 4) is 0 Å². The summed E-state index contributed by atoms with van der Waals surface area (Å²) >= 11 is 0.